The molecule has 0 radical (unpaired) electrons. The van der Waals surface area contributed by atoms with E-state index in [1.807, 2.05) is 34.6 Å². The fraction of sp³-hybridized carbons (Fsp3) is 0.786. The number of aromatic nitrogens is 3. The molecule has 0 spiro atoms. The second-order valence-electron chi connectivity index (χ2n) is 5.78. The monoisotopic (exact) mass is 298 g/mol. The van der Waals surface area contributed by atoms with Crippen LogP contribution in [0.1, 0.15) is 59.6 Å². The Kier molecular flexibility index (Phi) is 6.29. The molecule has 0 aliphatic heterocycles. The molecule has 1 aromatic rings. The summed E-state index contributed by atoms with van der Waals surface area (Å²) in [6.45, 7) is 12.4. The Hall–Kier alpha value is -1.47. The molecule has 0 saturated heterocycles. The Morgan fingerprint density at radius 2 is 1.90 bits per heavy atom. The summed E-state index contributed by atoms with van der Waals surface area (Å²) in [7, 11) is 0. The quantitative estimate of drug-likeness (QED) is 0.777. The number of carbonyl (C=O) groups excluding carboxylic acids is 1. The number of nitrogens with one attached hydrogen (secondary N) is 1. The second-order valence-corrected chi connectivity index (χ2v) is 5.78. The summed E-state index contributed by atoms with van der Waals surface area (Å²) in [5, 5.41) is 11.0. The predicted octanol–water partition coefficient (Wildman–Crippen LogP) is 1.83. The Labute approximate surface area is 126 Å². The van der Waals surface area contributed by atoms with Crippen molar-refractivity contribution in [1.82, 2.24) is 20.3 Å². The van der Waals surface area contributed by atoms with Gasteiger partial charge in [0.25, 0.3) is 0 Å². The lowest BCUT2D eigenvalue weighted by molar-refractivity contribution is -0.142. The van der Waals surface area contributed by atoms with Crippen molar-refractivity contribution in [2.45, 2.75) is 59.4 Å². The third-order valence-corrected chi connectivity index (χ3v) is 2.68. The molecule has 120 valence electrons. The molecule has 1 amide bonds. The number of ether oxygens (including phenoxy) is 2. The number of hydrogen-bond donors (Lipinski definition) is 1. The van der Waals surface area contributed by atoms with Crippen LogP contribution in [0.5, 0.6) is 0 Å². The van der Waals surface area contributed by atoms with Crippen molar-refractivity contribution < 1.29 is 14.3 Å². The van der Waals surface area contributed by atoms with E-state index in [4.69, 9.17) is 9.47 Å². The summed E-state index contributed by atoms with van der Waals surface area (Å²) < 4.78 is 12.4. The fourth-order valence-electron chi connectivity index (χ4n) is 1.70. The Morgan fingerprint density at radius 3 is 2.38 bits per heavy atom. The Bertz CT molecular complexity index is 447. The molecule has 0 saturated carbocycles. The van der Waals surface area contributed by atoms with Crippen molar-refractivity contribution in [3.05, 3.63) is 11.9 Å². The van der Waals surface area contributed by atoms with Crippen LogP contribution in [0.4, 0.5) is 0 Å². The van der Waals surface area contributed by atoms with Crippen LogP contribution >= 0.6 is 0 Å². The summed E-state index contributed by atoms with van der Waals surface area (Å²) in [6.07, 6.45) is 1.13. The minimum absolute atomic E-state index is 0.108. The van der Waals surface area contributed by atoms with Crippen LogP contribution in [-0.2, 0) is 14.3 Å². The van der Waals surface area contributed by atoms with E-state index in [9.17, 15) is 4.79 Å². The molecule has 1 heterocycles. The highest BCUT2D eigenvalue weighted by Gasteiger charge is 2.23. The second kappa shape index (κ2) is 7.51. The van der Waals surface area contributed by atoms with Crippen LogP contribution in [0, 0.1) is 0 Å². The van der Waals surface area contributed by atoms with Crippen molar-refractivity contribution in [2.24, 2.45) is 0 Å². The zero-order valence-electron chi connectivity index (χ0n) is 13.7. The zero-order valence-corrected chi connectivity index (χ0v) is 13.7. The average Bonchev–Trinajstić information content (AvgIpc) is 2.85. The Balaban J connectivity index is 2.79. The van der Waals surface area contributed by atoms with Gasteiger partial charge in [-0.05, 0) is 41.5 Å². The highest BCUT2D eigenvalue weighted by molar-refractivity contribution is 5.80. The van der Waals surface area contributed by atoms with Crippen molar-refractivity contribution in [3.8, 4) is 0 Å². The highest BCUT2D eigenvalue weighted by Crippen LogP contribution is 2.17. The minimum atomic E-state index is -0.549. The van der Waals surface area contributed by atoms with Gasteiger partial charge in [-0.25, -0.2) is 4.68 Å². The van der Waals surface area contributed by atoms with Crippen molar-refractivity contribution in [3.63, 3.8) is 0 Å². The minimum Gasteiger partial charge on any atom is -0.350 e. The number of carbonyl (C=O) groups is 1. The maximum atomic E-state index is 12.1. The van der Waals surface area contributed by atoms with Crippen LogP contribution in [-0.4, -0.2) is 39.7 Å². The van der Waals surface area contributed by atoms with Gasteiger partial charge in [0.05, 0.1) is 6.20 Å². The SMILES string of the molecule is CCOC(OCC)c1cn(C(C)C(=O)NC(C)(C)C)nn1. The molecule has 1 unspecified atom stereocenters. The van der Waals surface area contributed by atoms with E-state index in [1.165, 1.54) is 4.68 Å². The number of nitrogens with zero attached hydrogens (tertiary/aromatic N) is 3. The standard InChI is InChI=1S/C14H26N4O3/c1-7-20-13(21-8-2)11-9-18(17-16-11)10(3)12(19)15-14(4,5)6/h9-10,13H,7-8H2,1-6H3,(H,15,19). The number of hydrogen-bond acceptors (Lipinski definition) is 5. The van der Waals surface area contributed by atoms with Crippen LogP contribution in [0.2, 0.25) is 0 Å². The van der Waals surface area contributed by atoms with Crippen LogP contribution < -0.4 is 5.32 Å². The van der Waals surface area contributed by atoms with Crippen molar-refractivity contribution in [2.75, 3.05) is 13.2 Å². The average molecular weight is 298 g/mol. The highest BCUT2D eigenvalue weighted by atomic mass is 16.7. The van der Waals surface area contributed by atoms with Gasteiger partial charge in [-0.2, -0.15) is 0 Å². The predicted molar refractivity (Wildman–Crippen MR) is 78.6 cm³/mol. The molecular weight excluding hydrogens is 272 g/mol. The summed E-state index contributed by atoms with van der Waals surface area (Å²) in [5.41, 5.74) is 0.280. The van der Waals surface area contributed by atoms with E-state index < -0.39 is 12.3 Å². The lowest BCUT2D eigenvalue weighted by Crippen LogP contribution is -2.43. The van der Waals surface area contributed by atoms with E-state index in [-0.39, 0.29) is 11.4 Å². The Morgan fingerprint density at radius 1 is 1.33 bits per heavy atom. The largest absolute Gasteiger partial charge is 0.350 e. The lowest BCUT2D eigenvalue weighted by atomic mass is 10.1. The summed E-state index contributed by atoms with van der Waals surface area (Å²) in [4.78, 5) is 12.1. The third kappa shape index (κ3) is 5.43. The first-order valence-electron chi connectivity index (χ1n) is 7.25. The molecule has 1 atom stereocenters. The molecule has 0 aromatic carbocycles. The van der Waals surface area contributed by atoms with E-state index in [1.54, 1.807) is 13.1 Å². The van der Waals surface area contributed by atoms with Crippen molar-refractivity contribution in [1.29, 1.82) is 0 Å². The zero-order chi connectivity index (χ0) is 16.0. The molecule has 1 rings (SSSR count). The number of rotatable bonds is 7. The molecule has 21 heavy (non-hydrogen) atoms. The van der Waals surface area contributed by atoms with Gasteiger partial charge in [0, 0.05) is 18.8 Å². The van der Waals surface area contributed by atoms with E-state index in [0.717, 1.165) is 0 Å². The van der Waals surface area contributed by atoms with Gasteiger partial charge in [0.2, 0.25) is 12.2 Å². The van der Waals surface area contributed by atoms with Crippen LogP contribution in [0.25, 0.3) is 0 Å². The molecule has 1 aromatic heterocycles. The van der Waals surface area contributed by atoms with Gasteiger partial charge in [0.15, 0.2) is 0 Å². The summed E-state index contributed by atoms with van der Waals surface area (Å²) in [6, 6.07) is -0.450. The van der Waals surface area contributed by atoms with Crippen molar-refractivity contribution >= 4 is 5.91 Å². The molecule has 0 bridgehead atoms. The number of amides is 1. The molecule has 1 N–H and O–H groups in total. The molecule has 0 aliphatic carbocycles. The smallest absolute Gasteiger partial charge is 0.245 e. The van der Waals surface area contributed by atoms with E-state index >= 15 is 0 Å². The molecule has 7 nitrogen and oxygen atoms in total. The van der Waals surface area contributed by atoms with Gasteiger partial charge in [-0.3, -0.25) is 4.79 Å². The molecular formula is C14H26N4O3. The summed E-state index contributed by atoms with van der Waals surface area (Å²) >= 11 is 0. The van der Waals surface area contributed by atoms with Gasteiger partial charge in [-0.1, -0.05) is 5.21 Å². The van der Waals surface area contributed by atoms with Gasteiger partial charge in [-0.15, -0.1) is 5.10 Å². The van der Waals surface area contributed by atoms with Gasteiger partial charge >= 0.3 is 0 Å². The topological polar surface area (TPSA) is 78.3 Å². The normalized spacial score (nSPS) is 13.5. The van der Waals surface area contributed by atoms with E-state index in [0.29, 0.717) is 18.9 Å². The maximum Gasteiger partial charge on any atom is 0.245 e. The van der Waals surface area contributed by atoms with Crippen LogP contribution in [0.3, 0.4) is 0 Å². The first-order valence-corrected chi connectivity index (χ1v) is 7.25. The third-order valence-electron chi connectivity index (χ3n) is 2.68. The van der Waals surface area contributed by atoms with E-state index in [2.05, 4.69) is 15.6 Å². The van der Waals surface area contributed by atoms with Gasteiger partial charge < -0.3 is 14.8 Å². The maximum absolute atomic E-state index is 12.1. The fourth-order valence-corrected chi connectivity index (χ4v) is 1.70. The molecule has 0 fully saturated rings. The van der Waals surface area contributed by atoms with Gasteiger partial charge in [0.1, 0.15) is 11.7 Å². The van der Waals surface area contributed by atoms with Crippen LogP contribution in [0.15, 0.2) is 6.20 Å². The first-order chi connectivity index (χ1) is 9.78. The molecule has 7 heteroatoms. The lowest BCUT2D eigenvalue weighted by Gasteiger charge is -2.23. The first kappa shape index (κ1) is 17.6. The molecule has 0 aliphatic rings. The summed E-state index contributed by atoms with van der Waals surface area (Å²) in [5.74, 6) is -0.108.